The monoisotopic (exact) mass is 124 g/mol. The highest BCUT2D eigenvalue weighted by molar-refractivity contribution is 5.17. The molecule has 0 saturated carbocycles. The predicted molar refractivity (Wildman–Crippen MR) is 43.4 cm³/mol. The lowest BCUT2D eigenvalue weighted by Crippen LogP contribution is -1.93. The summed E-state index contributed by atoms with van der Waals surface area (Å²) in [5.41, 5.74) is 1.36. The zero-order valence-electron chi connectivity index (χ0n) is 6.65. The van der Waals surface area contributed by atoms with Crippen LogP contribution in [0.3, 0.4) is 0 Å². The van der Waals surface area contributed by atoms with E-state index < -0.39 is 0 Å². The van der Waals surface area contributed by atoms with Crippen molar-refractivity contribution < 1.29 is 0 Å². The average Bonchev–Trinajstić information content (AvgIpc) is 1.90. The van der Waals surface area contributed by atoms with Crippen LogP contribution in [0.4, 0.5) is 0 Å². The third-order valence-corrected chi connectivity index (χ3v) is 1.75. The molecule has 0 fully saturated rings. The van der Waals surface area contributed by atoms with E-state index in [1.165, 1.54) is 12.0 Å². The minimum Gasteiger partial charge on any atom is -0.0988 e. The molecular formula is C9H16. The van der Waals surface area contributed by atoms with Crippen molar-refractivity contribution >= 4 is 0 Å². The molecule has 0 aromatic heterocycles. The quantitative estimate of drug-likeness (QED) is 0.507. The molecule has 0 heterocycles. The van der Waals surface area contributed by atoms with E-state index in [0.717, 1.165) is 0 Å². The van der Waals surface area contributed by atoms with Crippen LogP contribution in [0.1, 0.15) is 27.2 Å². The van der Waals surface area contributed by atoms with Gasteiger partial charge in [0.1, 0.15) is 0 Å². The normalized spacial score (nSPS) is 15.2. The van der Waals surface area contributed by atoms with Crippen molar-refractivity contribution in [3.8, 4) is 0 Å². The molecule has 9 heavy (non-hydrogen) atoms. The Labute approximate surface area is 58.3 Å². The summed E-state index contributed by atoms with van der Waals surface area (Å²) < 4.78 is 0. The van der Waals surface area contributed by atoms with Crippen LogP contribution in [0.2, 0.25) is 0 Å². The Kier molecular flexibility index (Phi) is 4.12. The van der Waals surface area contributed by atoms with Crippen LogP contribution in [-0.2, 0) is 0 Å². The molecule has 0 nitrogen and oxygen atoms in total. The van der Waals surface area contributed by atoms with Crippen molar-refractivity contribution in [1.82, 2.24) is 0 Å². The SMILES string of the molecule is C=CC(=CC)C(C)CC. The summed E-state index contributed by atoms with van der Waals surface area (Å²) >= 11 is 0. The maximum absolute atomic E-state index is 3.73. The first kappa shape index (κ1) is 8.48. The fourth-order valence-corrected chi connectivity index (χ4v) is 0.839. The lowest BCUT2D eigenvalue weighted by Gasteiger charge is -2.07. The van der Waals surface area contributed by atoms with Crippen molar-refractivity contribution in [2.75, 3.05) is 0 Å². The summed E-state index contributed by atoms with van der Waals surface area (Å²) in [6.07, 6.45) is 5.26. The van der Waals surface area contributed by atoms with Gasteiger partial charge in [-0.1, -0.05) is 38.2 Å². The van der Waals surface area contributed by atoms with E-state index in [2.05, 4.69) is 33.4 Å². The van der Waals surface area contributed by atoms with Crippen LogP contribution >= 0.6 is 0 Å². The predicted octanol–water partition coefficient (Wildman–Crippen LogP) is 3.16. The molecule has 0 bridgehead atoms. The summed E-state index contributed by atoms with van der Waals surface area (Å²) in [6.45, 7) is 10.2. The number of hydrogen-bond acceptors (Lipinski definition) is 0. The van der Waals surface area contributed by atoms with Crippen LogP contribution in [0.25, 0.3) is 0 Å². The zero-order valence-corrected chi connectivity index (χ0v) is 6.65. The molecule has 0 aliphatic rings. The highest BCUT2D eigenvalue weighted by Crippen LogP contribution is 2.13. The summed E-state index contributed by atoms with van der Waals surface area (Å²) in [4.78, 5) is 0. The molecule has 0 heteroatoms. The molecule has 0 spiro atoms. The first-order valence-corrected chi connectivity index (χ1v) is 3.54. The second-order valence-corrected chi connectivity index (χ2v) is 2.30. The third kappa shape index (κ3) is 2.50. The van der Waals surface area contributed by atoms with Gasteiger partial charge in [-0.25, -0.2) is 0 Å². The second-order valence-electron chi connectivity index (χ2n) is 2.30. The summed E-state index contributed by atoms with van der Waals surface area (Å²) in [5, 5.41) is 0. The van der Waals surface area contributed by atoms with Crippen LogP contribution in [0.5, 0.6) is 0 Å². The van der Waals surface area contributed by atoms with Gasteiger partial charge < -0.3 is 0 Å². The second kappa shape index (κ2) is 4.37. The van der Waals surface area contributed by atoms with Crippen LogP contribution in [0, 0.1) is 5.92 Å². The largest absolute Gasteiger partial charge is 0.0988 e. The number of hydrogen-bond donors (Lipinski definition) is 0. The summed E-state index contributed by atoms with van der Waals surface area (Å²) in [7, 11) is 0. The Balaban J connectivity index is 3.95. The molecule has 0 rings (SSSR count). The maximum atomic E-state index is 3.73. The molecule has 0 aromatic carbocycles. The van der Waals surface area contributed by atoms with E-state index in [-0.39, 0.29) is 0 Å². The Morgan fingerprint density at radius 2 is 2.22 bits per heavy atom. The van der Waals surface area contributed by atoms with Gasteiger partial charge >= 0.3 is 0 Å². The van der Waals surface area contributed by atoms with Gasteiger partial charge in [0.2, 0.25) is 0 Å². The third-order valence-electron chi connectivity index (χ3n) is 1.75. The standard InChI is InChI=1S/C9H16/c1-5-8(4)9(6-2)7-3/h6-8H,2,5H2,1,3-4H3. The maximum Gasteiger partial charge on any atom is -0.0196 e. The highest BCUT2D eigenvalue weighted by Gasteiger charge is 1.99. The number of allylic oxidation sites excluding steroid dienone is 3. The van der Waals surface area contributed by atoms with Crippen LogP contribution in [-0.4, -0.2) is 0 Å². The van der Waals surface area contributed by atoms with Crippen molar-refractivity contribution in [3.63, 3.8) is 0 Å². The molecule has 0 amide bonds. The van der Waals surface area contributed by atoms with E-state index in [4.69, 9.17) is 0 Å². The van der Waals surface area contributed by atoms with Crippen LogP contribution in [0.15, 0.2) is 24.3 Å². The van der Waals surface area contributed by atoms with Gasteiger partial charge in [0, 0.05) is 0 Å². The highest BCUT2D eigenvalue weighted by atomic mass is 14.0. The molecule has 0 N–H and O–H groups in total. The molecule has 1 unspecified atom stereocenters. The van der Waals surface area contributed by atoms with Gasteiger partial charge in [0.25, 0.3) is 0 Å². The van der Waals surface area contributed by atoms with Gasteiger partial charge in [-0.3, -0.25) is 0 Å². The van der Waals surface area contributed by atoms with Crippen molar-refractivity contribution in [1.29, 1.82) is 0 Å². The van der Waals surface area contributed by atoms with Crippen molar-refractivity contribution in [3.05, 3.63) is 24.3 Å². The van der Waals surface area contributed by atoms with Gasteiger partial charge in [-0.15, -0.1) is 0 Å². The van der Waals surface area contributed by atoms with Crippen molar-refractivity contribution in [2.45, 2.75) is 27.2 Å². The Bertz CT molecular complexity index is 109. The Morgan fingerprint density at radius 1 is 1.67 bits per heavy atom. The molecule has 0 saturated heterocycles. The summed E-state index contributed by atoms with van der Waals surface area (Å²) in [5.74, 6) is 0.674. The van der Waals surface area contributed by atoms with Gasteiger partial charge in [0.05, 0.1) is 0 Å². The first-order chi connectivity index (χ1) is 4.26. The lowest BCUT2D eigenvalue weighted by molar-refractivity contribution is 0.669. The Hall–Kier alpha value is -0.520. The summed E-state index contributed by atoms with van der Waals surface area (Å²) in [6, 6.07) is 0. The molecule has 0 aromatic rings. The molecule has 0 radical (unpaired) electrons. The van der Waals surface area contributed by atoms with E-state index in [9.17, 15) is 0 Å². The minimum absolute atomic E-state index is 0.674. The fourth-order valence-electron chi connectivity index (χ4n) is 0.839. The van der Waals surface area contributed by atoms with Crippen LogP contribution < -0.4 is 0 Å². The minimum atomic E-state index is 0.674. The van der Waals surface area contributed by atoms with E-state index >= 15 is 0 Å². The molecule has 0 aliphatic carbocycles. The van der Waals surface area contributed by atoms with E-state index in [1.807, 2.05) is 6.08 Å². The van der Waals surface area contributed by atoms with E-state index in [1.54, 1.807) is 0 Å². The van der Waals surface area contributed by atoms with E-state index in [0.29, 0.717) is 5.92 Å². The lowest BCUT2D eigenvalue weighted by atomic mass is 9.99. The molecule has 0 aliphatic heterocycles. The van der Waals surface area contributed by atoms with Gasteiger partial charge in [0.15, 0.2) is 0 Å². The molecule has 52 valence electrons. The average molecular weight is 124 g/mol. The van der Waals surface area contributed by atoms with Crippen molar-refractivity contribution in [2.24, 2.45) is 5.92 Å². The smallest absolute Gasteiger partial charge is 0.0196 e. The number of rotatable bonds is 3. The zero-order chi connectivity index (χ0) is 7.28. The van der Waals surface area contributed by atoms with Gasteiger partial charge in [-0.2, -0.15) is 0 Å². The first-order valence-electron chi connectivity index (χ1n) is 3.54. The Morgan fingerprint density at radius 3 is 2.33 bits per heavy atom. The molecule has 1 atom stereocenters. The fraction of sp³-hybridized carbons (Fsp3) is 0.556. The van der Waals surface area contributed by atoms with Gasteiger partial charge in [-0.05, 0) is 19.3 Å². The molecular weight excluding hydrogens is 108 g/mol. The topological polar surface area (TPSA) is 0 Å².